The molecule has 6 nitrogen and oxygen atoms in total. The van der Waals surface area contributed by atoms with Crippen LogP contribution >= 0.6 is 0 Å². The molecule has 0 amide bonds. The quantitative estimate of drug-likeness (QED) is 0.272. The number of anilines is 4. The lowest BCUT2D eigenvalue weighted by atomic mass is 9.90. The maximum atomic E-state index is 14.5. The molecule has 2 atom stereocenters. The van der Waals surface area contributed by atoms with Gasteiger partial charge in [0.2, 0.25) is 0 Å². The number of hydrogen-bond acceptors (Lipinski definition) is 6. The van der Waals surface area contributed by atoms with Gasteiger partial charge in [0, 0.05) is 80.0 Å². The summed E-state index contributed by atoms with van der Waals surface area (Å²) in [5.74, 6) is 0. The second-order valence-corrected chi connectivity index (χ2v) is 14.5. The lowest BCUT2D eigenvalue weighted by Gasteiger charge is -2.39. The highest BCUT2D eigenvalue weighted by Crippen LogP contribution is 2.48. The van der Waals surface area contributed by atoms with E-state index in [1.165, 1.54) is 33.6 Å². The number of hydrogen-bond donors (Lipinski definition) is 2. The number of benzene rings is 3. The Morgan fingerprint density at radius 2 is 1.02 bits per heavy atom. The number of aryl methyl sites for hydroxylation is 4. The fraction of sp³-hybridized carbons (Fsp3) is 0.474. The molecule has 264 valence electrons. The van der Waals surface area contributed by atoms with Crippen LogP contribution in [0.4, 0.5) is 49.1 Å². The molecule has 0 aromatic heterocycles. The first kappa shape index (κ1) is 31.9. The Morgan fingerprint density at radius 3 is 1.50 bits per heavy atom. The van der Waals surface area contributed by atoms with Crippen LogP contribution in [-0.2, 0) is 38.0 Å². The molecule has 50 heavy (non-hydrogen) atoms. The van der Waals surface area contributed by atoms with Crippen LogP contribution in [0.15, 0.2) is 48.8 Å². The third-order valence-corrected chi connectivity index (χ3v) is 11.5. The highest BCUT2D eigenvalue weighted by molar-refractivity contribution is 5.72. The van der Waals surface area contributed by atoms with Crippen molar-refractivity contribution in [2.24, 2.45) is 0 Å². The molecule has 3 aromatic rings. The van der Waals surface area contributed by atoms with E-state index in [0.29, 0.717) is 13.1 Å². The lowest BCUT2D eigenvalue weighted by molar-refractivity contribution is -0.162. The molecular weight excluding hydrogens is 654 g/mol. The van der Waals surface area contributed by atoms with E-state index < -0.39 is 35.8 Å². The summed E-state index contributed by atoms with van der Waals surface area (Å²) in [5.41, 5.74) is 6.19. The van der Waals surface area contributed by atoms with Crippen molar-refractivity contribution in [1.29, 1.82) is 0 Å². The lowest BCUT2D eigenvalue weighted by Crippen LogP contribution is -2.36. The van der Waals surface area contributed by atoms with Crippen LogP contribution in [0, 0.1) is 0 Å². The summed E-state index contributed by atoms with van der Waals surface area (Å²) in [4.78, 5) is 8.78. The molecule has 0 spiro atoms. The van der Waals surface area contributed by atoms with E-state index in [9.17, 15) is 26.3 Å². The van der Waals surface area contributed by atoms with E-state index in [4.69, 9.17) is 0 Å². The van der Waals surface area contributed by atoms with Crippen molar-refractivity contribution in [2.75, 3.05) is 58.9 Å². The van der Waals surface area contributed by atoms with Crippen LogP contribution in [0.1, 0.15) is 82.5 Å². The summed E-state index contributed by atoms with van der Waals surface area (Å²) >= 11 is 0. The van der Waals surface area contributed by atoms with E-state index in [2.05, 4.69) is 44.7 Å². The van der Waals surface area contributed by atoms with Crippen molar-refractivity contribution in [2.45, 2.75) is 76.1 Å². The zero-order valence-corrected chi connectivity index (χ0v) is 27.7. The predicted octanol–water partition coefficient (Wildman–Crippen LogP) is 7.81. The molecule has 1 saturated heterocycles. The first-order valence-corrected chi connectivity index (χ1v) is 17.9. The van der Waals surface area contributed by atoms with Crippen LogP contribution in [0.5, 0.6) is 0 Å². The largest absolute Gasteiger partial charge is 0.417 e. The third kappa shape index (κ3) is 5.27. The van der Waals surface area contributed by atoms with Gasteiger partial charge in [0.1, 0.15) is 12.3 Å². The van der Waals surface area contributed by atoms with Gasteiger partial charge in [-0.2, -0.15) is 26.3 Å². The minimum atomic E-state index is -5.20. The molecule has 3 aromatic carbocycles. The number of halogens is 6. The fourth-order valence-corrected chi connectivity index (χ4v) is 9.43. The first-order valence-electron chi connectivity index (χ1n) is 17.9. The fourth-order valence-electron chi connectivity index (χ4n) is 9.43. The maximum Gasteiger partial charge on any atom is 0.417 e. The molecule has 2 N–H and O–H groups in total. The summed E-state index contributed by atoms with van der Waals surface area (Å²) in [6, 6.07) is 10.0. The van der Waals surface area contributed by atoms with Crippen LogP contribution in [0.25, 0.3) is 0 Å². The normalized spacial score (nSPS) is 22.9. The van der Waals surface area contributed by atoms with Gasteiger partial charge in [0.05, 0.1) is 11.1 Å². The van der Waals surface area contributed by atoms with Gasteiger partial charge in [-0.05, 0) is 116 Å². The Labute approximate surface area is 287 Å². The molecule has 12 heteroatoms. The molecule has 0 radical (unpaired) electrons. The van der Waals surface area contributed by atoms with Gasteiger partial charge in [0.25, 0.3) is 0 Å². The average Bonchev–Trinajstić information content (AvgIpc) is 3.78. The topological polar surface area (TPSA) is 37.0 Å². The third-order valence-electron chi connectivity index (χ3n) is 11.5. The van der Waals surface area contributed by atoms with Gasteiger partial charge < -0.3 is 24.9 Å². The summed E-state index contributed by atoms with van der Waals surface area (Å²) in [5, 5.41) is 6.61. The summed E-state index contributed by atoms with van der Waals surface area (Å²) < 4.78 is 87.3. The highest BCUT2D eigenvalue weighted by atomic mass is 19.4. The van der Waals surface area contributed by atoms with Crippen LogP contribution in [0.2, 0.25) is 0 Å². The van der Waals surface area contributed by atoms with E-state index in [1.807, 2.05) is 9.80 Å². The standard InChI is InChI=1S/C38H40F6N6/c39-37(40,41)31-21-29(35-45-9-15-49(35)27-17-23-5-1-11-47-12-2-6-24(18-27)33(23)47)30(22-32(31)38(42,43)44)36-46-10-16-50(36)28-19-25-7-3-13-48-14-4-8-26(20-28)34(25)48/h9,15,17-22,35-36,45-46H,1-8,10-14,16H2. The minimum Gasteiger partial charge on any atom is -0.371 e. The van der Waals surface area contributed by atoms with Gasteiger partial charge in [-0.25, -0.2) is 0 Å². The molecule has 2 unspecified atom stereocenters. The highest BCUT2D eigenvalue weighted by Gasteiger charge is 2.46. The van der Waals surface area contributed by atoms with Crippen molar-refractivity contribution in [1.82, 2.24) is 10.6 Å². The molecule has 6 heterocycles. The second-order valence-electron chi connectivity index (χ2n) is 14.5. The van der Waals surface area contributed by atoms with E-state index in [-0.39, 0.29) is 11.1 Å². The summed E-state index contributed by atoms with van der Waals surface area (Å²) in [6.45, 7) is 5.06. The second kappa shape index (κ2) is 11.7. The molecule has 6 aliphatic rings. The van der Waals surface area contributed by atoms with Crippen molar-refractivity contribution in [3.05, 3.63) is 93.3 Å². The van der Waals surface area contributed by atoms with Gasteiger partial charge in [-0.1, -0.05) is 0 Å². The van der Waals surface area contributed by atoms with Crippen LogP contribution in [0.3, 0.4) is 0 Å². The summed E-state index contributed by atoms with van der Waals surface area (Å²) in [6.07, 6.45) is -0.746. The molecule has 0 saturated carbocycles. The number of alkyl halides is 6. The smallest absolute Gasteiger partial charge is 0.371 e. The predicted molar refractivity (Wildman–Crippen MR) is 183 cm³/mol. The van der Waals surface area contributed by atoms with Gasteiger partial charge in [0.15, 0.2) is 0 Å². The average molecular weight is 695 g/mol. The van der Waals surface area contributed by atoms with Gasteiger partial charge in [-0.15, -0.1) is 0 Å². The van der Waals surface area contributed by atoms with E-state index in [1.54, 1.807) is 12.4 Å². The number of nitrogens with zero attached hydrogens (tertiary/aromatic N) is 4. The molecule has 9 rings (SSSR count). The zero-order valence-electron chi connectivity index (χ0n) is 27.7. The molecule has 1 fully saturated rings. The van der Waals surface area contributed by atoms with Gasteiger partial charge in [-0.3, -0.25) is 5.32 Å². The Morgan fingerprint density at radius 1 is 0.560 bits per heavy atom. The Bertz CT molecular complexity index is 1770. The maximum absolute atomic E-state index is 14.5. The number of nitrogens with one attached hydrogen (secondary N) is 2. The Balaban J connectivity index is 1.18. The van der Waals surface area contributed by atoms with Crippen molar-refractivity contribution in [3.63, 3.8) is 0 Å². The van der Waals surface area contributed by atoms with Crippen LogP contribution in [-0.4, -0.2) is 39.3 Å². The Kier molecular flexibility index (Phi) is 7.49. The van der Waals surface area contributed by atoms with Crippen molar-refractivity contribution in [3.8, 4) is 0 Å². The van der Waals surface area contributed by atoms with Crippen LogP contribution < -0.4 is 30.2 Å². The molecule has 6 aliphatic heterocycles. The minimum absolute atomic E-state index is 0.165. The monoisotopic (exact) mass is 694 g/mol. The SMILES string of the molecule is FC(F)(F)c1cc(C2NC=CN2c2cc3c4c(c2)CCCN4CCC3)c(C2NCCN2c2cc3c4c(c2)CCCN4CCC3)cc1C(F)(F)F. The van der Waals surface area contributed by atoms with Gasteiger partial charge >= 0.3 is 12.4 Å². The zero-order chi connectivity index (χ0) is 34.4. The summed E-state index contributed by atoms with van der Waals surface area (Å²) in [7, 11) is 0. The molecular formula is C38H40F6N6. The number of rotatable bonds is 4. The van der Waals surface area contributed by atoms with Crippen molar-refractivity contribution >= 4 is 22.7 Å². The van der Waals surface area contributed by atoms with E-state index >= 15 is 0 Å². The molecule has 0 bridgehead atoms. The van der Waals surface area contributed by atoms with E-state index in [0.717, 1.165) is 101 Å². The first-order chi connectivity index (χ1) is 24.0. The molecule has 0 aliphatic carbocycles. The Hall–Kier alpha value is -4.06. The van der Waals surface area contributed by atoms with Crippen molar-refractivity contribution < 1.29 is 26.3 Å².